The summed E-state index contributed by atoms with van der Waals surface area (Å²) in [6.07, 6.45) is 1.72. The molecule has 5 rings (SSSR count). The minimum absolute atomic E-state index is 0.0682. The Hall–Kier alpha value is -3.49. The first-order chi connectivity index (χ1) is 16.6. The first kappa shape index (κ1) is 22.3. The van der Waals surface area contributed by atoms with Crippen molar-refractivity contribution in [2.45, 2.75) is 19.9 Å². The molecule has 0 aliphatic carbocycles. The van der Waals surface area contributed by atoms with Gasteiger partial charge in [-0.15, -0.1) is 11.3 Å². The predicted molar refractivity (Wildman–Crippen MR) is 133 cm³/mol. The number of amides is 2. The molecule has 0 radical (unpaired) electrons. The Morgan fingerprint density at radius 1 is 1.06 bits per heavy atom. The SMILES string of the molecule is Cc1occc1C(=O)Nc1nc(CC(=O)N2CCN(Cc3cccc4ccccc34)CC2)cs1. The van der Waals surface area contributed by atoms with Gasteiger partial charge >= 0.3 is 0 Å². The Morgan fingerprint density at radius 2 is 1.85 bits per heavy atom. The van der Waals surface area contributed by atoms with Crippen molar-refractivity contribution in [1.82, 2.24) is 14.8 Å². The van der Waals surface area contributed by atoms with E-state index < -0.39 is 0 Å². The van der Waals surface area contributed by atoms with E-state index in [1.54, 1.807) is 13.0 Å². The molecule has 174 valence electrons. The molecule has 0 saturated carbocycles. The van der Waals surface area contributed by atoms with Crippen LogP contribution in [0.2, 0.25) is 0 Å². The molecular formula is C26H26N4O3S. The number of rotatable bonds is 6. The van der Waals surface area contributed by atoms with Crippen molar-refractivity contribution in [2.24, 2.45) is 0 Å². The van der Waals surface area contributed by atoms with E-state index in [0.717, 1.165) is 19.6 Å². The molecule has 1 saturated heterocycles. The van der Waals surface area contributed by atoms with E-state index in [4.69, 9.17) is 4.42 Å². The van der Waals surface area contributed by atoms with Crippen molar-refractivity contribution in [3.63, 3.8) is 0 Å². The number of thiazole rings is 1. The molecule has 8 heteroatoms. The minimum Gasteiger partial charge on any atom is -0.469 e. The lowest BCUT2D eigenvalue weighted by molar-refractivity contribution is -0.132. The van der Waals surface area contributed by atoms with Crippen molar-refractivity contribution in [3.05, 3.63) is 82.8 Å². The number of carbonyl (C=O) groups is 2. The number of nitrogens with one attached hydrogen (secondary N) is 1. The van der Waals surface area contributed by atoms with Gasteiger partial charge in [-0.05, 0) is 29.3 Å². The molecular weight excluding hydrogens is 448 g/mol. The molecule has 0 atom stereocenters. The smallest absolute Gasteiger partial charge is 0.260 e. The first-order valence-corrected chi connectivity index (χ1v) is 12.2. The van der Waals surface area contributed by atoms with Crippen LogP contribution in [0.5, 0.6) is 0 Å². The molecule has 0 bridgehead atoms. The van der Waals surface area contributed by atoms with Crippen molar-refractivity contribution < 1.29 is 14.0 Å². The van der Waals surface area contributed by atoms with Gasteiger partial charge in [0.15, 0.2) is 5.13 Å². The van der Waals surface area contributed by atoms with Crippen LogP contribution >= 0.6 is 11.3 Å². The summed E-state index contributed by atoms with van der Waals surface area (Å²) in [5, 5.41) is 7.63. The Labute approximate surface area is 202 Å². The van der Waals surface area contributed by atoms with E-state index in [9.17, 15) is 9.59 Å². The maximum atomic E-state index is 12.8. The third kappa shape index (κ3) is 4.88. The number of hydrogen-bond donors (Lipinski definition) is 1. The summed E-state index contributed by atoms with van der Waals surface area (Å²) < 4.78 is 5.18. The predicted octanol–water partition coefficient (Wildman–Crippen LogP) is 4.34. The third-order valence-corrected chi connectivity index (χ3v) is 7.01. The number of anilines is 1. The highest BCUT2D eigenvalue weighted by Gasteiger charge is 2.22. The van der Waals surface area contributed by atoms with Crippen LogP contribution < -0.4 is 5.32 Å². The summed E-state index contributed by atoms with van der Waals surface area (Å²) in [4.78, 5) is 33.9. The normalized spacial score (nSPS) is 14.4. The summed E-state index contributed by atoms with van der Waals surface area (Å²) in [6.45, 7) is 5.72. The van der Waals surface area contributed by atoms with Gasteiger partial charge < -0.3 is 9.32 Å². The van der Waals surface area contributed by atoms with E-state index in [1.807, 2.05) is 10.3 Å². The number of hydrogen-bond acceptors (Lipinski definition) is 6. The van der Waals surface area contributed by atoms with Crippen LogP contribution in [0, 0.1) is 6.92 Å². The summed E-state index contributed by atoms with van der Waals surface area (Å²) in [5.41, 5.74) is 2.47. The molecule has 4 aromatic rings. The topological polar surface area (TPSA) is 78.7 Å². The van der Waals surface area contributed by atoms with Crippen LogP contribution in [0.25, 0.3) is 10.8 Å². The molecule has 34 heavy (non-hydrogen) atoms. The van der Waals surface area contributed by atoms with E-state index in [-0.39, 0.29) is 18.2 Å². The lowest BCUT2D eigenvalue weighted by atomic mass is 10.0. The van der Waals surface area contributed by atoms with Crippen LogP contribution in [0.3, 0.4) is 0 Å². The summed E-state index contributed by atoms with van der Waals surface area (Å²) >= 11 is 1.32. The van der Waals surface area contributed by atoms with Crippen LogP contribution in [0.1, 0.15) is 27.4 Å². The largest absolute Gasteiger partial charge is 0.469 e. The van der Waals surface area contributed by atoms with Crippen LogP contribution in [0.4, 0.5) is 5.13 Å². The number of carbonyl (C=O) groups excluding carboxylic acids is 2. The van der Waals surface area contributed by atoms with Crippen LogP contribution in [-0.2, 0) is 17.8 Å². The second-order valence-corrected chi connectivity index (χ2v) is 9.32. The summed E-state index contributed by atoms with van der Waals surface area (Å²) in [6, 6.07) is 16.5. The fourth-order valence-electron chi connectivity index (χ4n) is 4.32. The van der Waals surface area contributed by atoms with Gasteiger partial charge in [0.25, 0.3) is 5.91 Å². The maximum Gasteiger partial charge on any atom is 0.260 e. The van der Waals surface area contributed by atoms with Gasteiger partial charge in [0.05, 0.1) is 23.9 Å². The number of piperazine rings is 1. The molecule has 1 aliphatic rings. The van der Waals surface area contributed by atoms with Crippen LogP contribution in [-0.4, -0.2) is 52.8 Å². The Bertz CT molecular complexity index is 1320. The van der Waals surface area contributed by atoms with Gasteiger partial charge in [0, 0.05) is 38.1 Å². The van der Waals surface area contributed by atoms with Gasteiger partial charge in [-0.3, -0.25) is 19.8 Å². The average molecular weight is 475 g/mol. The van der Waals surface area contributed by atoms with E-state index in [1.165, 1.54) is 33.9 Å². The van der Waals surface area contributed by atoms with Crippen molar-refractivity contribution in [1.29, 1.82) is 0 Å². The zero-order valence-corrected chi connectivity index (χ0v) is 19.8. The zero-order chi connectivity index (χ0) is 23.5. The second kappa shape index (κ2) is 9.79. The summed E-state index contributed by atoms with van der Waals surface area (Å²) in [7, 11) is 0. The van der Waals surface area contributed by atoms with E-state index >= 15 is 0 Å². The molecule has 1 aliphatic heterocycles. The van der Waals surface area contributed by atoms with Gasteiger partial charge in [-0.1, -0.05) is 42.5 Å². The number of benzene rings is 2. The van der Waals surface area contributed by atoms with Gasteiger partial charge in [0.1, 0.15) is 5.76 Å². The first-order valence-electron chi connectivity index (χ1n) is 11.3. The average Bonchev–Trinajstić information content (AvgIpc) is 3.48. The maximum absolute atomic E-state index is 12.8. The van der Waals surface area contributed by atoms with Crippen molar-refractivity contribution >= 4 is 39.1 Å². The van der Waals surface area contributed by atoms with Gasteiger partial charge in [0.2, 0.25) is 5.91 Å². The van der Waals surface area contributed by atoms with E-state index in [2.05, 4.69) is 57.7 Å². The minimum atomic E-state index is -0.263. The molecule has 3 heterocycles. The van der Waals surface area contributed by atoms with Crippen molar-refractivity contribution in [2.75, 3.05) is 31.5 Å². The van der Waals surface area contributed by atoms with Gasteiger partial charge in [-0.2, -0.15) is 0 Å². The Morgan fingerprint density at radius 3 is 2.65 bits per heavy atom. The molecule has 1 fully saturated rings. The highest BCUT2D eigenvalue weighted by Crippen LogP contribution is 2.22. The highest BCUT2D eigenvalue weighted by molar-refractivity contribution is 7.14. The molecule has 0 spiro atoms. The number of fused-ring (bicyclic) bond motifs is 1. The fraction of sp³-hybridized carbons (Fsp3) is 0.269. The molecule has 1 N–H and O–H groups in total. The standard InChI is InChI=1S/C26H26N4O3S/c1-18-22(9-14-33-18)25(32)28-26-27-21(17-34-26)15-24(31)30-12-10-29(11-13-30)16-20-7-4-6-19-5-2-3-8-23(19)20/h2-9,14,17H,10-13,15-16H2,1H3,(H,27,28,32). The molecule has 0 unspecified atom stereocenters. The number of nitrogens with zero attached hydrogens (tertiary/aromatic N) is 3. The molecule has 2 aromatic heterocycles. The number of aromatic nitrogens is 1. The molecule has 2 aromatic carbocycles. The Balaban J connectivity index is 1.13. The van der Waals surface area contributed by atoms with Gasteiger partial charge in [-0.25, -0.2) is 4.98 Å². The molecule has 2 amide bonds. The molecule has 7 nitrogen and oxygen atoms in total. The van der Waals surface area contributed by atoms with Crippen LogP contribution in [0.15, 0.2) is 64.6 Å². The quantitative estimate of drug-likeness (QED) is 0.450. The lowest BCUT2D eigenvalue weighted by Gasteiger charge is -2.35. The zero-order valence-electron chi connectivity index (χ0n) is 19.0. The monoisotopic (exact) mass is 474 g/mol. The summed E-state index contributed by atoms with van der Waals surface area (Å²) in [5.74, 6) is 0.364. The number of furan rings is 1. The number of aryl methyl sites for hydroxylation is 1. The fourth-order valence-corrected chi connectivity index (χ4v) is 5.03. The third-order valence-electron chi connectivity index (χ3n) is 6.21. The van der Waals surface area contributed by atoms with Crippen molar-refractivity contribution in [3.8, 4) is 0 Å². The van der Waals surface area contributed by atoms with E-state index in [0.29, 0.717) is 35.2 Å². The lowest BCUT2D eigenvalue weighted by Crippen LogP contribution is -2.48. The Kier molecular flexibility index (Phi) is 6.42. The second-order valence-electron chi connectivity index (χ2n) is 8.46. The highest BCUT2D eigenvalue weighted by atomic mass is 32.1.